The lowest BCUT2D eigenvalue weighted by Gasteiger charge is -2.13. The Hall–Kier alpha value is -1.36. The van der Waals surface area contributed by atoms with Crippen LogP contribution in [-0.4, -0.2) is 17.1 Å². The van der Waals surface area contributed by atoms with E-state index in [9.17, 15) is 4.21 Å². The molecule has 0 heterocycles. The van der Waals surface area contributed by atoms with Crippen molar-refractivity contribution in [1.29, 1.82) is 0 Å². The van der Waals surface area contributed by atoms with Crippen molar-refractivity contribution in [1.82, 2.24) is 0 Å². The highest BCUT2D eigenvalue weighted by Gasteiger charge is 2.12. The summed E-state index contributed by atoms with van der Waals surface area (Å²) in [7, 11) is 0.452. The van der Waals surface area contributed by atoms with Crippen molar-refractivity contribution in [3.63, 3.8) is 0 Å². The van der Waals surface area contributed by atoms with Crippen LogP contribution in [0.15, 0.2) is 53.4 Å². The van der Waals surface area contributed by atoms with Crippen LogP contribution < -0.4 is 10.5 Å². The first-order chi connectivity index (χ1) is 9.60. The Balaban J connectivity index is 2.08. The molecule has 5 heteroatoms. The molecule has 0 saturated carbocycles. The predicted octanol–water partition coefficient (Wildman–Crippen LogP) is 3.16. The van der Waals surface area contributed by atoms with E-state index < -0.39 is 10.8 Å². The Bertz CT molecular complexity index is 601. The Kier molecular flexibility index (Phi) is 5.17. The quantitative estimate of drug-likeness (QED) is 0.923. The van der Waals surface area contributed by atoms with E-state index in [1.165, 1.54) is 0 Å². The summed E-state index contributed by atoms with van der Waals surface area (Å²) in [5, 5.41) is 0.628. The summed E-state index contributed by atoms with van der Waals surface area (Å²) in [6.45, 7) is 0. The molecule has 0 aliphatic heterocycles. The molecule has 0 bridgehead atoms. The normalized spacial score (nSPS) is 13.8. The standard InChI is InChI=1S/C15H16ClNO2S/c1-19-13-4-2-3-11(9-13)15(17)10-20(18)14-7-5-12(16)6-8-14/h2-9,15H,10,17H2,1H3. The molecule has 0 amide bonds. The van der Waals surface area contributed by atoms with E-state index in [1.807, 2.05) is 24.3 Å². The second kappa shape index (κ2) is 6.88. The molecule has 0 radical (unpaired) electrons. The summed E-state index contributed by atoms with van der Waals surface area (Å²) in [6, 6.07) is 14.2. The van der Waals surface area contributed by atoms with Gasteiger partial charge < -0.3 is 10.5 Å². The first kappa shape index (κ1) is 15.0. The monoisotopic (exact) mass is 309 g/mol. The number of ether oxygens (including phenoxy) is 1. The molecule has 0 aromatic heterocycles. The zero-order chi connectivity index (χ0) is 14.5. The van der Waals surface area contributed by atoms with Crippen LogP contribution >= 0.6 is 11.6 Å². The molecule has 0 aliphatic rings. The van der Waals surface area contributed by atoms with E-state index in [0.29, 0.717) is 10.8 Å². The highest BCUT2D eigenvalue weighted by Crippen LogP contribution is 2.20. The van der Waals surface area contributed by atoms with Gasteiger partial charge in [-0.1, -0.05) is 23.7 Å². The third-order valence-corrected chi connectivity index (χ3v) is 4.64. The Morgan fingerprint density at radius 1 is 1.25 bits per heavy atom. The summed E-state index contributed by atoms with van der Waals surface area (Å²) < 4.78 is 17.4. The van der Waals surface area contributed by atoms with Crippen LogP contribution in [0.2, 0.25) is 5.02 Å². The molecule has 2 atom stereocenters. The first-order valence-corrected chi connectivity index (χ1v) is 7.83. The van der Waals surface area contributed by atoms with Gasteiger partial charge in [0, 0.05) is 21.7 Å². The molecule has 0 saturated heterocycles. The first-order valence-electron chi connectivity index (χ1n) is 6.13. The van der Waals surface area contributed by atoms with Crippen LogP contribution in [0.1, 0.15) is 11.6 Å². The molecule has 2 aromatic carbocycles. The van der Waals surface area contributed by atoms with E-state index in [4.69, 9.17) is 22.1 Å². The van der Waals surface area contributed by atoms with Gasteiger partial charge in [0.25, 0.3) is 0 Å². The third kappa shape index (κ3) is 3.82. The molecular weight excluding hydrogens is 294 g/mol. The summed E-state index contributed by atoms with van der Waals surface area (Å²) in [4.78, 5) is 0.729. The highest BCUT2D eigenvalue weighted by molar-refractivity contribution is 7.85. The van der Waals surface area contributed by atoms with Crippen molar-refractivity contribution >= 4 is 22.4 Å². The van der Waals surface area contributed by atoms with Gasteiger partial charge in [-0.2, -0.15) is 0 Å². The lowest BCUT2D eigenvalue weighted by molar-refractivity contribution is 0.414. The Morgan fingerprint density at radius 2 is 1.95 bits per heavy atom. The van der Waals surface area contributed by atoms with Gasteiger partial charge in [-0.15, -0.1) is 0 Å². The van der Waals surface area contributed by atoms with Gasteiger partial charge in [-0.3, -0.25) is 4.21 Å². The number of methoxy groups -OCH3 is 1. The predicted molar refractivity (Wildman–Crippen MR) is 82.6 cm³/mol. The van der Waals surface area contributed by atoms with Crippen molar-refractivity contribution in [2.75, 3.05) is 12.9 Å². The summed E-state index contributed by atoms with van der Waals surface area (Å²) in [5.41, 5.74) is 7.02. The SMILES string of the molecule is COc1cccc(C(N)CS(=O)c2ccc(Cl)cc2)c1. The molecule has 2 unspecified atom stereocenters. The fourth-order valence-corrected chi connectivity index (χ4v) is 3.09. The number of nitrogens with two attached hydrogens (primary N) is 1. The van der Waals surface area contributed by atoms with E-state index in [2.05, 4.69) is 0 Å². The lowest BCUT2D eigenvalue weighted by atomic mass is 10.1. The fraction of sp³-hybridized carbons (Fsp3) is 0.200. The van der Waals surface area contributed by atoms with Crippen molar-refractivity contribution < 1.29 is 8.95 Å². The van der Waals surface area contributed by atoms with Gasteiger partial charge in [0.1, 0.15) is 5.75 Å². The number of rotatable bonds is 5. The number of hydrogen-bond donors (Lipinski definition) is 1. The molecule has 2 aromatic rings. The Morgan fingerprint density at radius 3 is 2.60 bits per heavy atom. The lowest BCUT2D eigenvalue weighted by Crippen LogP contribution is -2.18. The molecule has 3 nitrogen and oxygen atoms in total. The van der Waals surface area contributed by atoms with Crippen LogP contribution in [0.25, 0.3) is 0 Å². The zero-order valence-electron chi connectivity index (χ0n) is 11.1. The molecule has 0 spiro atoms. The molecular formula is C15H16ClNO2S. The average Bonchev–Trinajstić information content (AvgIpc) is 2.47. The van der Waals surface area contributed by atoms with E-state index in [0.717, 1.165) is 16.2 Å². The van der Waals surface area contributed by atoms with Gasteiger partial charge in [-0.25, -0.2) is 0 Å². The topological polar surface area (TPSA) is 52.3 Å². The van der Waals surface area contributed by atoms with Gasteiger partial charge in [0.15, 0.2) is 0 Å². The van der Waals surface area contributed by atoms with Gasteiger partial charge >= 0.3 is 0 Å². The smallest absolute Gasteiger partial charge is 0.119 e. The maximum atomic E-state index is 12.3. The summed E-state index contributed by atoms with van der Waals surface area (Å²) in [5.74, 6) is 1.10. The van der Waals surface area contributed by atoms with Gasteiger partial charge in [0.2, 0.25) is 0 Å². The zero-order valence-corrected chi connectivity index (χ0v) is 12.7. The van der Waals surface area contributed by atoms with E-state index in [-0.39, 0.29) is 6.04 Å². The maximum absolute atomic E-state index is 12.3. The van der Waals surface area contributed by atoms with Crippen LogP contribution in [0, 0.1) is 0 Å². The molecule has 20 heavy (non-hydrogen) atoms. The minimum absolute atomic E-state index is 0.304. The number of hydrogen-bond acceptors (Lipinski definition) is 3. The number of benzene rings is 2. The fourth-order valence-electron chi connectivity index (χ4n) is 1.81. The van der Waals surface area contributed by atoms with E-state index >= 15 is 0 Å². The molecule has 2 rings (SSSR count). The van der Waals surface area contributed by atoms with Crippen molar-refractivity contribution in [3.8, 4) is 5.75 Å². The second-order valence-electron chi connectivity index (χ2n) is 4.35. The van der Waals surface area contributed by atoms with E-state index in [1.54, 1.807) is 31.4 Å². The van der Waals surface area contributed by atoms with Gasteiger partial charge in [-0.05, 0) is 42.0 Å². The number of halogens is 1. The average molecular weight is 310 g/mol. The van der Waals surface area contributed by atoms with Crippen molar-refractivity contribution in [3.05, 3.63) is 59.1 Å². The van der Waals surface area contributed by atoms with Crippen LogP contribution in [0.4, 0.5) is 0 Å². The van der Waals surface area contributed by atoms with Gasteiger partial charge in [0.05, 0.1) is 17.9 Å². The van der Waals surface area contributed by atoms with Crippen molar-refractivity contribution in [2.24, 2.45) is 5.73 Å². The molecule has 106 valence electrons. The molecule has 0 fully saturated rings. The minimum atomic E-state index is -1.16. The van der Waals surface area contributed by atoms with Crippen LogP contribution in [0.3, 0.4) is 0 Å². The molecule has 0 aliphatic carbocycles. The second-order valence-corrected chi connectivity index (χ2v) is 6.28. The minimum Gasteiger partial charge on any atom is -0.497 e. The Labute approximate surface area is 126 Å². The summed E-state index contributed by atoms with van der Waals surface area (Å²) in [6.07, 6.45) is 0. The third-order valence-electron chi connectivity index (χ3n) is 2.93. The van der Waals surface area contributed by atoms with Crippen LogP contribution in [0.5, 0.6) is 5.75 Å². The largest absolute Gasteiger partial charge is 0.497 e. The maximum Gasteiger partial charge on any atom is 0.119 e. The van der Waals surface area contributed by atoms with Crippen molar-refractivity contribution in [2.45, 2.75) is 10.9 Å². The molecule has 2 N–H and O–H groups in total. The summed E-state index contributed by atoms with van der Waals surface area (Å²) >= 11 is 5.81. The highest BCUT2D eigenvalue weighted by atomic mass is 35.5. The van der Waals surface area contributed by atoms with Crippen LogP contribution in [-0.2, 0) is 10.8 Å².